The second kappa shape index (κ2) is 6.24. The van der Waals surface area contributed by atoms with Crippen LogP contribution in [0.5, 0.6) is 0 Å². The number of amides is 3. The molecule has 2 unspecified atom stereocenters. The number of carbonyl (C=O) groups excluding carboxylic acids is 2. The lowest BCUT2D eigenvalue weighted by Crippen LogP contribution is -2.62. The zero-order valence-corrected chi connectivity index (χ0v) is 12.6. The van der Waals surface area contributed by atoms with E-state index in [0.29, 0.717) is 6.61 Å². The van der Waals surface area contributed by atoms with Crippen LogP contribution < -0.4 is 5.73 Å². The first-order valence-corrected chi connectivity index (χ1v) is 6.78. The maximum absolute atomic E-state index is 12.3. The number of amidine groups is 1. The third kappa shape index (κ3) is 2.72. The summed E-state index contributed by atoms with van der Waals surface area (Å²) in [6.45, 7) is 3.98. The van der Waals surface area contributed by atoms with E-state index in [1.165, 1.54) is 23.6 Å². The number of likely N-dealkylation sites (N-methyl/N-ethyl adjacent to an activating group) is 2. The predicted octanol–water partition coefficient (Wildman–Crippen LogP) is -1.82. The van der Waals surface area contributed by atoms with Crippen LogP contribution >= 0.6 is 0 Å². The van der Waals surface area contributed by atoms with E-state index in [0.717, 1.165) is 4.90 Å². The normalized spacial score (nSPS) is 22.9. The van der Waals surface area contributed by atoms with Gasteiger partial charge < -0.3 is 9.84 Å². The smallest absolute Gasteiger partial charge is 0.387 e. The summed E-state index contributed by atoms with van der Waals surface area (Å²) < 4.78 is 6.64. The Morgan fingerprint density at radius 1 is 1.50 bits per heavy atom. The molecular weight excluding hydrogens is 290 g/mol. The number of ether oxygens (including phenoxy) is 1. The Balaban J connectivity index is 2.14. The fourth-order valence-corrected chi connectivity index (χ4v) is 2.38. The molecule has 0 radical (unpaired) electrons. The highest BCUT2D eigenvalue weighted by molar-refractivity contribution is 6.22. The Bertz CT molecular complexity index is 571. The number of aliphatic hydroxyl groups excluding tert-OH is 1. The molecule has 2 rings (SSSR count). The van der Waals surface area contributed by atoms with Crippen LogP contribution in [0.15, 0.2) is 17.6 Å². The molecular formula is C13H20N5O4+. The predicted molar refractivity (Wildman–Crippen MR) is 78.5 cm³/mol. The quantitative estimate of drug-likeness (QED) is 0.341. The third-order valence-corrected chi connectivity index (χ3v) is 3.52. The summed E-state index contributed by atoms with van der Waals surface area (Å²) >= 11 is 0. The molecule has 0 spiro atoms. The number of nitrogens with two attached hydrogens (primary N) is 1. The minimum absolute atomic E-state index is 0.0717. The number of fused-ring (bicyclic) bond motifs is 1. The van der Waals surface area contributed by atoms with Gasteiger partial charge in [-0.05, 0) is 0 Å². The van der Waals surface area contributed by atoms with Gasteiger partial charge in [0.15, 0.2) is 0 Å². The van der Waals surface area contributed by atoms with E-state index in [1.54, 1.807) is 6.08 Å². The van der Waals surface area contributed by atoms with Crippen LogP contribution in [0.25, 0.3) is 0 Å². The molecule has 22 heavy (non-hydrogen) atoms. The molecule has 0 aliphatic carbocycles. The molecule has 1 saturated heterocycles. The number of nitrogens with zero attached hydrogens (tertiary/aromatic N) is 4. The molecule has 1 fully saturated rings. The van der Waals surface area contributed by atoms with Gasteiger partial charge in [0.1, 0.15) is 6.10 Å². The number of hydrogen-bond donors (Lipinski definition) is 2. The number of carbonyl (C=O) groups is 2. The van der Waals surface area contributed by atoms with Crippen molar-refractivity contribution in [3.8, 4) is 0 Å². The van der Waals surface area contributed by atoms with Gasteiger partial charge in [0.2, 0.25) is 11.9 Å². The van der Waals surface area contributed by atoms with E-state index in [-0.39, 0.29) is 24.9 Å². The van der Waals surface area contributed by atoms with E-state index in [2.05, 4.69) is 11.6 Å². The summed E-state index contributed by atoms with van der Waals surface area (Å²) in [5, 5.41) is 9.99. The standard InChI is InChI=1S/C13H19N5O4/c1-4-5-22-7-8(19)6-18-9-10(15-12(18)14)16(2)13(21)17(3)11(9)20/h4,8-9,14,19H,1,5-7H2,2-3H3/p+1. The van der Waals surface area contributed by atoms with Crippen molar-refractivity contribution >= 4 is 23.7 Å². The molecule has 120 valence electrons. The summed E-state index contributed by atoms with van der Waals surface area (Å²) in [5.74, 6) is -0.0719. The van der Waals surface area contributed by atoms with Crippen LogP contribution in [0.2, 0.25) is 0 Å². The van der Waals surface area contributed by atoms with Crippen molar-refractivity contribution in [1.29, 1.82) is 0 Å². The first-order chi connectivity index (χ1) is 10.4. The van der Waals surface area contributed by atoms with Crippen molar-refractivity contribution in [1.82, 2.24) is 9.80 Å². The second-order valence-corrected chi connectivity index (χ2v) is 5.10. The first kappa shape index (κ1) is 16.1. The van der Waals surface area contributed by atoms with Crippen LogP contribution in [-0.4, -0.2) is 89.2 Å². The van der Waals surface area contributed by atoms with Gasteiger partial charge in [-0.25, -0.2) is 9.37 Å². The summed E-state index contributed by atoms with van der Waals surface area (Å²) in [5.41, 5.74) is 5.84. The van der Waals surface area contributed by atoms with Gasteiger partial charge >= 0.3 is 12.0 Å². The summed E-state index contributed by atoms with van der Waals surface area (Å²) in [4.78, 5) is 30.6. The SMILES string of the molecule is C=CCOCC(O)C[N+]1=C(N)N=C2C1C(=O)N(C)C(=O)N2C. The number of rotatable bonds is 6. The molecule has 0 aromatic carbocycles. The lowest BCUT2D eigenvalue weighted by molar-refractivity contribution is -0.545. The molecule has 9 heteroatoms. The van der Waals surface area contributed by atoms with Crippen LogP contribution in [0, 0.1) is 0 Å². The van der Waals surface area contributed by atoms with E-state index in [9.17, 15) is 14.7 Å². The zero-order chi connectivity index (χ0) is 16.4. The first-order valence-electron chi connectivity index (χ1n) is 6.78. The monoisotopic (exact) mass is 310 g/mol. The Morgan fingerprint density at radius 3 is 2.82 bits per heavy atom. The fraction of sp³-hybridized carbons (Fsp3) is 0.538. The summed E-state index contributed by atoms with van der Waals surface area (Å²) in [6, 6.07) is -1.27. The van der Waals surface area contributed by atoms with Gasteiger partial charge in [0.05, 0.1) is 19.8 Å². The lowest BCUT2D eigenvalue weighted by atomic mass is 10.1. The third-order valence-electron chi connectivity index (χ3n) is 3.52. The van der Waals surface area contributed by atoms with Crippen molar-refractivity contribution in [2.24, 2.45) is 10.7 Å². The molecule has 2 heterocycles. The van der Waals surface area contributed by atoms with Crippen molar-refractivity contribution in [2.45, 2.75) is 12.1 Å². The fourth-order valence-electron chi connectivity index (χ4n) is 2.38. The molecule has 0 saturated carbocycles. The molecule has 0 aromatic heterocycles. The maximum Gasteiger partial charge on any atom is 0.387 e. The second-order valence-electron chi connectivity index (χ2n) is 5.10. The van der Waals surface area contributed by atoms with Gasteiger partial charge in [0, 0.05) is 14.1 Å². The van der Waals surface area contributed by atoms with E-state index >= 15 is 0 Å². The number of aliphatic hydroxyl groups is 1. The van der Waals surface area contributed by atoms with Crippen LogP contribution in [0.4, 0.5) is 4.79 Å². The molecule has 2 aliphatic rings. The number of imide groups is 1. The molecule has 0 bridgehead atoms. The van der Waals surface area contributed by atoms with Gasteiger partial charge in [-0.2, -0.15) is 0 Å². The highest BCUT2D eigenvalue weighted by Crippen LogP contribution is 2.18. The topological polar surface area (TPSA) is 111 Å². The number of urea groups is 1. The average Bonchev–Trinajstić information content (AvgIpc) is 2.80. The van der Waals surface area contributed by atoms with Crippen molar-refractivity contribution < 1.29 is 24.0 Å². The van der Waals surface area contributed by atoms with E-state index < -0.39 is 24.1 Å². The molecule has 3 amide bonds. The highest BCUT2D eigenvalue weighted by Gasteiger charge is 2.51. The van der Waals surface area contributed by atoms with Crippen molar-refractivity contribution in [2.75, 3.05) is 33.9 Å². The van der Waals surface area contributed by atoms with E-state index in [4.69, 9.17) is 10.5 Å². The number of aliphatic imine (C=N–C) groups is 1. The summed E-state index contributed by atoms with van der Waals surface area (Å²) in [7, 11) is 2.92. The van der Waals surface area contributed by atoms with Crippen molar-refractivity contribution in [3.63, 3.8) is 0 Å². The van der Waals surface area contributed by atoms with Gasteiger partial charge in [-0.1, -0.05) is 11.1 Å². The van der Waals surface area contributed by atoms with Crippen LogP contribution in [0.1, 0.15) is 0 Å². The van der Waals surface area contributed by atoms with Crippen molar-refractivity contribution in [3.05, 3.63) is 12.7 Å². The molecule has 2 atom stereocenters. The zero-order valence-electron chi connectivity index (χ0n) is 12.6. The van der Waals surface area contributed by atoms with Gasteiger partial charge in [-0.15, -0.1) is 6.58 Å². The minimum atomic E-state index is -0.853. The Morgan fingerprint density at radius 2 is 2.18 bits per heavy atom. The van der Waals surface area contributed by atoms with Crippen LogP contribution in [-0.2, 0) is 9.53 Å². The largest absolute Gasteiger partial charge is 0.387 e. The number of guanidine groups is 1. The Hall–Kier alpha value is -2.26. The lowest BCUT2D eigenvalue weighted by Gasteiger charge is -2.32. The molecule has 2 aliphatic heterocycles. The molecule has 0 aromatic rings. The number of β-amino-alcohol motifs (C(OH)–C–C–N with tert-alkyl or cyclic N) is 1. The summed E-state index contributed by atoms with van der Waals surface area (Å²) in [6.07, 6.45) is 0.721. The molecule has 3 N–H and O–H groups in total. The highest BCUT2D eigenvalue weighted by atomic mass is 16.5. The Kier molecular flexibility index (Phi) is 4.57. The average molecular weight is 310 g/mol. The van der Waals surface area contributed by atoms with E-state index in [1.807, 2.05) is 0 Å². The maximum atomic E-state index is 12.3. The van der Waals surface area contributed by atoms with Crippen LogP contribution in [0.3, 0.4) is 0 Å². The number of hydrogen-bond acceptors (Lipinski definition) is 6. The molecule has 9 nitrogen and oxygen atoms in total. The van der Waals surface area contributed by atoms with Gasteiger partial charge in [-0.3, -0.25) is 20.3 Å². The van der Waals surface area contributed by atoms with Gasteiger partial charge in [0.25, 0.3) is 5.91 Å². The Labute approximate surface area is 128 Å². The minimum Gasteiger partial charge on any atom is -0.387 e.